The molecule has 0 radical (unpaired) electrons. The largest absolute Gasteiger partial charge is 0.478 e. The third kappa shape index (κ3) is 2.49. The summed E-state index contributed by atoms with van der Waals surface area (Å²) in [6, 6.07) is 12.4. The first-order valence-electron chi connectivity index (χ1n) is 6.94. The van der Waals surface area contributed by atoms with Crippen LogP contribution in [0.3, 0.4) is 0 Å². The third-order valence-electron chi connectivity index (χ3n) is 3.84. The van der Waals surface area contributed by atoms with Gasteiger partial charge in [-0.25, -0.2) is 9.18 Å². The van der Waals surface area contributed by atoms with E-state index in [1.165, 1.54) is 17.7 Å². The number of halogens is 1. The highest BCUT2D eigenvalue weighted by Gasteiger charge is 2.23. The summed E-state index contributed by atoms with van der Waals surface area (Å²) in [5.41, 5.74) is 2.70. The Kier molecular flexibility index (Phi) is 3.37. The number of carboxylic acids is 1. The summed E-state index contributed by atoms with van der Waals surface area (Å²) in [6.45, 7) is 2.95. The molecular weight excluding hydrogens is 269 g/mol. The Morgan fingerprint density at radius 2 is 2.05 bits per heavy atom. The molecule has 108 valence electrons. The average Bonchev–Trinajstić information content (AvgIpc) is 2.45. The quantitative estimate of drug-likeness (QED) is 0.911. The van der Waals surface area contributed by atoms with E-state index >= 15 is 0 Å². The lowest BCUT2D eigenvalue weighted by atomic mass is 9.93. The predicted octanol–water partition coefficient (Wildman–Crippen LogP) is 3.85. The van der Waals surface area contributed by atoms with Crippen molar-refractivity contribution in [2.75, 3.05) is 11.4 Å². The Morgan fingerprint density at radius 1 is 1.29 bits per heavy atom. The van der Waals surface area contributed by atoms with Crippen LogP contribution in [-0.4, -0.2) is 17.6 Å². The molecule has 1 aliphatic rings. The molecule has 2 aromatic carbocycles. The van der Waals surface area contributed by atoms with Crippen molar-refractivity contribution in [1.82, 2.24) is 0 Å². The van der Waals surface area contributed by atoms with Crippen LogP contribution in [0, 0.1) is 11.7 Å². The lowest BCUT2D eigenvalue weighted by Crippen LogP contribution is -2.30. The number of hydrogen-bond acceptors (Lipinski definition) is 2. The Bertz CT molecular complexity index is 699. The van der Waals surface area contributed by atoms with Gasteiger partial charge in [-0.15, -0.1) is 0 Å². The van der Waals surface area contributed by atoms with E-state index in [-0.39, 0.29) is 5.56 Å². The fourth-order valence-electron chi connectivity index (χ4n) is 2.89. The average molecular weight is 285 g/mol. The number of rotatable bonds is 2. The smallest absolute Gasteiger partial charge is 0.338 e. The number of hydrogen-bond donors (Lipinski definition) is 1. The van der Waals surface area contributed by atoms with E-state index in [2.05, 4.69) is 17.9 Å². The van der Waals surface area contributed by atoms with Gasteiger partial charge in [0.1, 0.15) is 5.82 Å². The molecule has 0 fully saturated rings. The summed E-state index contributed by atoms with van der Waals surface area (Å²) in [6.07, 6.45) is 1.00. The van der Waals surface area contributed by atoms with Gasteiger partial charge in [0.2, 0.25) is 0 Å². The van der Waals surface area contributed by atoms with E-state index in [4.69, 9.17) is 5.11 Å². The van der Waals surface area contributed by atoms with E-state index in [9.17, 15) is 9.18 Å². The van der Waals surface area contributed by atoms with Crippen molar-refractivity contribution in [3.63, 3.8) is 0 Å². The molecule has 0 saturated carbocycles. The molecule has 1 aliphatic heterocycles. The van der Waals surface area contributed by atoms with Gasteiger partial charge in [0.15, 0.2) is 0 Å². The molecular formula is C17H16FNO2. The summed E-state index contributed by atoms with van der Waals surface area (Å²) < 4.78 is 13.9. The number of nitrogens with zero attached hydrogens (tertiary/aromatic N) is 1. The molecule has 3 rings (SSSR count). The van der Waals surface area contributed by atoms with Crippen molar-refractivity contribution in [2.45, 2.75) is 13.3 Å². The van der Waals surface area contributed by atoms with Crippen LogP contribution in [0.25, 0.3) is 0 Å². The lowest BCUT2D eigenvalue weighted by molar-refractivity contribution is 0.0692. The van der Waals surface area contributed by atoms with Crippen molar-refractivity contribution in [3.8, 4) is 0 Å². The minimum atomic E-state index is -1.24. The minimum Gasteiger partial charge on any atom is -0.478 e. The van der Waals surface area contributed by atoms with Gasteiger partial charge in [-0.2, -0.15) is 0 Å². The molecule has 0 bridgehead atoms. The highest BCUT2D eigenvalue weighted by molar-refractivity contribution is 5.88. The number of aromatic carboxylic acids is 1. The van der Waals surface area contributed by atoms with E-state index in [1.54, 1.807) is 6.07 Å². The standard InChI is InChI=1S/C17H16FNO2/c1-11-8-12-4-2-3-5-16(12)19(10-11)13-6-7-14(17(20)21)15(18)9-13/h2-7,9,11H,8,10H2,1H3,(H,20,21). The number of carbonyl (C=O) groups is 1. The van der Waals surface area contributed by atoms with Crippen LogP contribution in [-0.2, 0) is 6.42 Å². The monoisotopic (exact) mass is 285 g/mol. The Morgan fingerprint density at radius 3 is 2.76 bits per heavy atom. The van der Waals surface area contributed by atoms with Crippen molar-refractivity contribution >= 4 is 17.3 Å². The molecule has 3 nitrogen and oxygen atoms in total. The van der Waals surface area contributed by atoms with E-state index in [0.29, 0.717) is 11.6 Å². The third-order valence-corrected chi connectivity index (χ3v) is 3.84. The van der Waals surface area contributed by atoms with Crippen LogP contribution in [0.2, 0.25) is 0 Å². The maximum absolute atomic E-state index is 13.9. The maximum Gasteiger partial charge on any atom is 0.338 e. The second kappa shape index (κ2) is 5.20. The second-order valence-electron chi connectivity index (χ2n) is 5.52. The minimum absolute atomic E-state index is 0.294. The Hall–Kier alpha value is -2.36. The van der Waals surface area contributed by atoms with Gasteiger partial charge in [0.05, 0.1) is 5.56 Å². The molecule has 1 heterocycles. The Balaban J connectivity index is 2.05. The summed E-state index contributed by atoms with van der Waals surface area (Å²) in [4.78, 5) is 13.0. The van der Waals surface area contributed by atoms with Gasteiger partial charge >= 0.3 is 5.97 Å². The number of anilines is 2. The molecule has 0 aromatic heterocycles. The van der Waals surface area contributed by atoms with E-state index in [0.717, 1.165) is 18.7 Å². The predicted molar refractivity (Wildman–Crippen MR) is 79.7 cm³/mol. The van der Waals surface area contributed by atoms with Crippen molar-refractivity contribution in [1.29, 1.82) is 0 Å². The first kappa shape index (κ1) is 13.6. The molecule has 0 amide bonds. The van der Waals surface area contributed by atoms with Gasteiger partial charge in [-0.1, -0.05) is 25.1 Å². The SMILES string of the molecule is CC1Cc2ccccc2N(c2ccc(C(=O)O)c(F)c2)C1. The van der Waals surface area contributed by atoms with Crippen LogP contribution in [0.1, 0.15) is 22.8 Å². The summed E-state index contributed by atoms with van der Waals surface area (Å²) >= 11 is 0. The van der Waals surface area contributed by atoms with Crippen LogP contribution in [0.4, 0.5) is 15.8 Å². The Labute approximate surface area is 122 Å². The molecule has 4 heteroatoms. The molecule has 1 unspecified atom stereocenters. The number of benzene rings is 2. The summed E-state index contributed by atoms with van der Waals surface area (Å²) in [5.74, 6) is -1.48. The topological polar surface area (TPSA) is 40.5 Å². The van der Waals surface area contributed by atoms with Gasteiger partial charge in [0, 0.05) is 17.9 Å². The van der Waals surface area contributed by atoms with Gasteiger partial charge in [-0.05, 0) is 42.2 Å². The van der Waals surface area contributed by atoms with Crippen LogP contribution in [0.15, 0.2) is 42.5 Å². The molecule has 0 saturated heterocycles. The fraction of sp³-hybridized carbons (Fsp3) is 0.235. The van der Waals surface area contributed by atoms with Crippen molar-refractivity contribution < 1.29 is 14.3 Å². The normalized spacial score (nSPS) is 17.4. The van der Waals surface area contributed by atoms with E-state index < -0.39 is 11.8 Å². The van der Waals surface area contributed by atoms with Gasteiger partial charge in [-0.3, -0.25) is 0 Å². The zero-order chi connectivity index (χ0) is 15.0. The highest BCUT2D eigenvalue weighted by Crippen LogP contribution is 2.35. The summed E-state index contributed by atoms with van der Waals surface area (Å²) in [5, 5.41) is 8.91. The zero-order valence-corrected chi connectivity index (χ0v) is 11.7. The molecule has 0 spiro atoms. The number of fused-ring (bicyclic) bond motifs is 1. The zero-order valence-electron chi connectivity index (χ0n) is 11.7. The van der Waals surface area contributed by atoms with Gasteiger partial charge in [0.25, 0.3) is 0 Å². The highest BCUT2D eigenvalue weighted by atomic mass is 19.1. The first-order chi connectivity index (χ1) is 10.1. The molecule has 2 aromatic rings. The maximum atomic E-state index is 13.9. The van der Waals surface area contributed by atoms with Crippen LogP contribution >= 0.6 is 0 Å². The molecule has 1 N–H and O–H groups in total. The van der Waals surface area contributed by atoms with E-state index in [1.807, 2.05) is 18.2 Å². The van der Waals surface area contributed by atoms with Gasteiger partial charge < -0.3 is 10.0 Å². The fourth-order valence-corrected chi connectivity index (χ4v) is 2.89. The summed E-state index contributed by atoms with van der Waals surface area (Å²) in [7, 11) is 0. The molecule has 21 heavy (non-hydrogen) atoms. The first-order valence-corrected chi connectivity index (χ1v) is 6.94. The van der Waals surface area contributed by atoms with Crippen LogP contribution in [0.5, 0.6) is 0 Å². The lowest BCUT2D eigenvalue weighted by Gasteiger charge is -2.35. The van der Waals surface area contributed by atoms with Crippen LogP contribution < -0.4 is 4.90 Å². The molecule has 0 aliphatic carbocycles. The molecule has 1 atom stereocenters. The van der Waals surface area contributed by atoms with Crippen molar-refractivity contribution in [3.05, 3.63) is 59.4 Å². The second-order valence-corrected chi connectivity index (χ2v) is 5.52. The number of carboxylic acid groups (broad SMARTS) is 1. The van der Waals surface area contributed by atoms with Crippen molar-refractivity contribution in [2.24, 2.45) is 5.92 Å². The number of para-hydroxylation sites is 1.